The van der Waals surface area contributed by atoms with E-state index in [2.05, 4.69) is 38.2 Å². The van der Waals surface area contributed by atoms with E-state index >= 15 is 0 Å². The van der Waals surface area contributed by atoms with Crippen LogP contribution in [-0.4, -0.2) is 20.1 Å². The molecule has 0 saturated heterocycles. The molecule has 0 fully saturated rings. The number of ether oxygens (including phenoxy) is 2. The number of rotatable bonds is 5. The molecule has 2 rings (SSSR count). The van der Waals surface area contributed by atoms with E-state index in [9.17, 15) is 4.79 Å². The fraction of sp³-hybridized carbons (Fsp3) is 0.286. The summed E-state index contributed by atoms with van der Waals surface area (Å²) in [6.45, 7) is 6.52. The topological polar surface area (TPSA) is 47.6 Å². The number of methoxy groups -OCH3 is 2. The molecule has 25 heavy (non-hydrogen) atoms. The van der Waals surface area contributed by atoms with E-state index in [1.165, 1.54) is 11.6 Å². The van der Waals surface area contributed by atoms with Crippen LogP contribution >= 0.6 is 0 Å². The van der Waals surface area contributed by atoms with Crippen molar-refractivity contribution in [1.82, 2.24) is 0 Å². The standard InChI is InChI=1S/C21H25NO3/c1-21(2,3)16-9-6-15(7-10-16)8-13-20(23)22-18-14-17(24-4)11-12-19(18)25-5/h6-14H,1-5H3,(H,22,23)/b13-8+. The number of amides is 1. The smallest absolute Gasteiger partial charge is 0.248 e. The zero-order valence-electron chi connectivity index (χ0n) is 15.4. The summed E-state index contributed by atoms with van der Waals surface area (Å²) in [5.41, 5.74) is 2.92. The van der Waals surface area contributed by atoms with Gasteiger partial charge in [0.15, 0.2) is 0 Å². The second-order valence-corrected chi connectivity index (χ2v) is 6.76. The molecule has 0 aromatic heterocycles. The van der Waals surface area contributed by atoms with Crippen molar-refractivity contribution < 1.29 is 14.3 Å². The molecule has 1 N–H and O–H groups in total. The fourth-order valence-corrected chi connectivity index (χ4v) is 2.35. The second-order valence-electron chi connectivity index (χ2n) is 6.76. The summed E-state index contributed by atoms with van der Waals surface area (Å²) in [6.07, 6.45) is 3.29. The van der Waals surface area contributed by atoms with Crippen LogP contribution in [0, 0.1) is 0 Å². The van der Waals surface area contributed by atoms with Gasteiger partial charge in [-0.05, 0) is 34.8 Å². The first-order chi connectivity index (χ1) is 11.8. The molecule has 0 radical (unpaired) electrons. The molecule has 4 nitrogen and oxygen atoms in total. The molecule has 1 amide bonds. The molecule has 2 aromatic rings. The maximum Gasteiger partial charge on any atom is 0.248 e. The van der Waals surface area contributed by atoms with Gasteiger partial charge < -0.3 is 14.8 Å². The molecule has 0 heterocycles. The predicted molar refractivity (Wildman–Crippen MR) is 102 cm³/mol. The highest BCUT2D eigenvalue weighted by molar-refractivity contribution is 6.02. The molecule has 0 unspecified atom stereocenters. The van der Waals surface area contributed by atoms with Crippen molar-refractivity contribution in [1.29, 1.82) is 0 Å². The Labute approximate surface area is 149 Å². The molecular formula is C21H25NO3. The molecule has 0 atom stereocenters. The lowest BCUT2D eigenvalue weighted by molar-refractivity contribution is -0.111. The lowest BCUT2D eigenvalue weighted by Gasteiger charge is -2.18. The summed E-state index contributed by atoms with van der Waals surface area (Å²) >= 11 is 0. The second kappa shape index (κ2) is 7.88. The van der Waals surface area contributed by atoms with Crippen molar-refractivity contribution >= 4 is 17.7 Å². The lowest BCUT2D eigenvalue weighted by atomic mass is 9.87. The van der Waals surface area contributed by atoms with Crippen LogP contribution in [0.25, 0.3) is 6.08 Å². The molecule has 0 saturated carbocycles. The summed E-state index contributed by atoms with van der Waals surface area (Å²) in [4.78, 5) is 12.2. The number of carbonyl (C=O) groups is 1. The highest BCUT2D eigenvalue weighted by atomic mass is 16.5. The molecular weight excluding hydrogens is 314 g/mol. The summed E-state index contributed by atoms with van der Waals surface area (Å²) in [5.74, 6) is 1.00. The Morgan fingerprint density at radius 3 is 2.24 bits per heavy atom. The van der Waals surface area contributed by atoms with E-state index in [0.29, 0.717) is 17.2 Å². The molecule has 0 bridgehead atoms. The minimum Gasteiger partial charge on any atom is -0.497 e. The van der Waals surface area contributed by atoms with Gasteiger partial charge in [0.1, 0.15) is 11.5 Å². The van der Waals surface area contributed by atoms with E-state index in [1.807, 2.05) is 12.1 Å². The average molecular weight is 339 g/mol. The van der Waals surface area contributed by atoms with Gasteiger partial charge in [0.05, 0.1) is 19.9 Å². The molecule has 2 aromatic carbocycles. The quantitative estimate of drug-likeness (QED) is 0.806. The van der Waals surface area contributed by atoms with Gasteiger partial charge in [-0.2, -0.15) is 0 Å². The lowest BCUT2D eigenvalue weighted by Crippen LogP contribution is -2.10. The van der Waals surface area contributed by atoms with Crippen molar-refractivity contribution in [2.45, 2.75) is 26.2 Å². The zero-order chi connectivity index (χ0) is 18.4. The van der Waals surface area contributed by atoms with Crippen LogP contribution in [0.4, 0.5) is 5.69 Å². The Balaban J connectivity index is 2.08. The minimum atomic E-state index is -0.230. The Morgan fingerprint density at radius 1 is 1.00 bits per heavy atom. The van der Waals surface area contributed by atoms with Gasteiger partial charge in [-0.3, -0.25) is 4.79 Å². The monoisotopic (exact) mass is 339 g/mol. The third-order valence-corrected chi connectivity index (χ3v) is 3.87. The molecule has 0 spiro atoms. The van der Waals surface area contributed by atoms with E-state index in [-0.39, 0.29) is 11.3 Å². The Hall–Kier alpha value is -2.75. The van der Waals surface area contributed by atoms with Crippen LogP contribution in [0.2, 0.25) is 0 Å². The SMILES string of the molecule is COc1ccc(OC)c(NC(=O)/C=C/c2ccc(C(C)(C)C)cc2)c1. The van der Waals surface area contributed by atoms with Crippen LogP contribution < -0.4 is 14.8 Å². The molecule has 0 aliphatic heterocycles. The van der Waals surface area contributed by atoms with Crippen molar-refractivity contribution in [3.63, 3.8) is 0 Å². The van der Waals surface area contributed by atoms with Gasteiger partial charge in [-0.1, -0.05) is 45.0 Å². The first-order valence-corrected chi connectivity index (χ1v) is 8.15. The number of hydrogen-bond acceptors (Lipinski definition) is 3. The Kier molecular flexibility index (Phi) is 5.86. The molecule has 0 aliphatic rings. The van der Waals surface area contributed by atoms with Crippen LogP contribution in [0.15, 0.2) is 48.5 Å². The van der Waals surface area contributed by atoms with Crippen LogP contribution in [-0.2, 0) is 10.2 Å². The third kappa shape index (κ3) is 5.11. The largest absolute Gasteiger partial charge is 0.497 e. The van der Waals surface area contributed by atoms with E-state index in [4.69, 9.17) is 9.47 Å². The first kappa shape index (κ1) is 18.6. The van der Waals surface area contributed by atoms with Crippen molar-refractivity contribution in [3.05, 3.63) is 59.7 Å². The van der Waals surface area contributed by atoms with Crippen molar-refractivity contribution in [2.75, 3.05) is 19.5 Å². The van der Waals surface area contributed by atoms with E-state index in [0.717, 1.165) is 5.56 Å². The first-order valence-electron chi connectivity index (χ1n) is 8.15. The van der Waals surface area contributed by atoms with Crippen molar-refractivity contribution in [2.24, 2.45) is 0 Å². The number of anilines is 1. The number of carbonyl (C=O) groups excluding carboxylic acids is 1. The van der Waals surface area contributed by atoms with Gasteiger partial charge in [0, 0.05) is 12.1 Å². The number of hydrogen-bond donors (Lipinski definition) is 1. The Morgan fingerprint density at radius 2 is 1.68 bits per heavy atom. The summed E-state index contributed by atoms with van der Waals surface area (Å²) < 4.78 is 10.4. The Bertz CT molecular complexity index is 756. The van der Waals surface area contributed by atoms with Gasteiger partial charge in [-0.25, -0.2) is 0 Å². The molecule has 4 heteroatoms. The highest BCUT2D eigenvalue weighted by Crippen LogP contribution is 2.29. The summed E-state index contributed by atoms with van der Waals surface area (Å²) in [6, 6.07) is 13.4. The number of nitrogens with one attached hydrogen (secondary N) is 1. The van der Waals surface area contributed by atoms with Gasteiger partial charge in [0.25, 0.3) is 0 Å². The molecule has 0 aliphatic carbocycles. The van der Waals surface area contributed by atoms with E-state index < -0.39 is 0 Å². The van der Waals surface area contributed by atoms with Crippen LogP contribution in [0.3, 0.4) is 0 Å². The zero-order valence-corrected chi connectivity index (χ0v) is 15.4. The summed E-state index contributed by atoms with van der Waals surface area (Å²) in [7, 11) is 3.14. The third-order valence-electron chi connectivity index (χ3n) is 3.87. The number of benzene rings is 2. The van der Waals surface area contributed by atoms with Gasteiger partial charge >= 0.3 is 0 Å². The predicted octanol–water partition coefficient (Wildman–Crippen LogP) is 4.65. The van der Waals surface area contributed by atoms with Gasteiger partial charge in [0.2, 0.25) is 5.91 Å². The maximum atomic E-state index is 12.2. The molecule has 132 valence electrons. The normalized spacial score (nSPS) is 11.4. The highest BCUT2D eigenvalue weighted by Gasteiger charge is 2.12. The van der Waals surface area contributed by atoms with Crippen LogP contribution in [0.5, 0.6) is 11.5 Å². The summed E-state index contributed by atoms with van der Waals surface area (Å²) in [5, 5.41) is 2.81. The maximum absolute atomic E-state index is 12.2. The van der Waals surface area contributed by atoms with E-state index in [1.54, 1.807) is 38.5 Å². The van der Waals surface area contributed by atoms with Crippen molar-refractivity contribution in [3.8, 4) is 11.5 Å². The van der Waals surface area contributed by atoms with Gasteiger partial charge in [-0.15, -0.1) is 0 Å². The average Bonchev–Trinajstić information content (AvgIpc) is 2.59. The van der Waals surface area contributed by atoms with Crippen LogP contribution in [0.1, 0.15) is 31.9 Å². The fourth-order valence-electron chi connectivity index (χ4n) is 2.35. The minimum absolute atomic E-state index is 0.114.